The Labute approximate surface area is 120 Å². The summed E-state index contributed by atoms with van der Waals surface area (Å²) in [5.74, 6) is 1.99. The normalized spacial score (nSPS) is 15.7. The summed E-state index contributed by atoms with van der Waals surface area (Å²) in [6.45, 7) is 1.05. The van der Waals surface area contributed by atoms with Crippen LogP contribution in [0, 0.1) is 5.92 Å². The topological polar surface area (TPSA) is 47.6 Å². The van der Waals surface area contributed by atoms with Gasteiger partial charge in [-0.05, 0) is 37.1 Å². The summed E-state index contributed by atoms with van der Waals surface area (Å²) in [6, 6.07) is 7.44. The standard InChI is InChI=1S/C16H23NO3/c1-19-14-7-9-15(10-8-14)20-12-11-17-16(18)13-5-3-2-4-6-13/h7-10,13H,2-6,11-12H2,1H3,(H,17,18). The Kier molecular flexibility index (Phi) is 5.71. The van der Waals surface area contributed by atoms with E-state index in [2.05, 4.69) is 5.32 Å². The van der Waals surface area contributed by atoms with Gasteiger partial charge in [0.2, 0.25) is 5.91 Å². The van der Waals surface area contributed by atoms with Gasteiger partial charge in [-0.1, -0.05) is 19.3 Å². The zero-order valence-corrected chi connectivity index (χ0v) is 12.1. The molecule has 1 aromatic carbocycles. The maximum Gasteiger partial charge on any atom is 0.223 e. The third-order valence-corrected chi connectivity index (χ3v) is 3.71. The molecule has 0 bridgehead atoms. The summed E-state index contributed by atoms with van der Waals surface area (Å²) in [6.07, 6.45) is 5.70. The van der Waals surface area contributed by atoms with Gasteiger partial charge in [-0.2, -0.15) is 0 Å². The zero-order valence-electron chi connectivity index (χ0n) is 12.1. The van der Waals surface area contributed by atoms with Crippen LogP contribution in [0.4, 0.5) is 0 Å². The van der Waals surface area contributed by atoms with Crippen molar-refractivity contribution >= 4 is 5.91 Å². The summed E-state index contributed by atoms with van der Waals surface area (Å²) in [5.41, 5.74) is 0. The largest absolute Gasteiger partial charge is 0.497 e. The van der Waals surface area contributed by atoms with Crippen LogP contribution >= 0.6 is 0 Å². The number of nitrogens with one attached hydrogen (secondary N) is 1. The number of ether oxygens (including phenoxy) is 2. The maximum atomic E-state index is 11.9. The van der Waals surface area contributed by atoms with Crippen molar-refractivity contribution in [2.24, 2.45) is 5.92 Å². The molecule has 2 rings (SSSR count). The van der Waals surface area contributed by atoms with Crippen molar-refractivity contribution in [1.82, 2.24) is 5.32 Å². The molecule has 20 heavy (non-hydrogen) atoms. The lowest BCUT2D eigenvalue weighted by atomic mass is 9.89. The van der Waals surface area contributed by atoms with Gasteiger partial charge in [0.15, 0.2) is 0 Å². The Hall–Kier alpha value is -1.71. The molecule has 0 atom stereocenters. The van der Waals surface area contributed by atoms with Crippen LogP contribution < -0.4 is 14.8 Å². The maximum absolute atomic E-state index is 11.9. The van der Waals surface area contributed by atoms with E-state index in [0.29, 0.717) is 13.2 Å². The predicted molar refractivity (Wildman–Crippen MR) is 78.1 cm³/mol. The fourth-order valence-electron chi connectivity index (χ4n) is 2.52. The third-order valence-electron chi connectivity index (χ3n) is 3.71. The van der Waals surface area contributed by atoms with Gasteiger partial charge in [-0.15, -0.1) is 0 Å². The molecule has 0 aromatic heterocycles. The molecule has 1 fully saturated rings. The number of benzene rings is 1. The minimum Gasteiger partial charge on any atom is -0.497 e. The molecule has 4 heteroatoms. The van der Waals surface area contributed by atoms with E-state index >= 15 is 0 Å². The molecule has 1 aromatic rings. The van der Waals surface area contributed by atoms with Crippen molar-refractivity contribution < 1.29 is 14.3 Å². The average Bonchev–Trinajstić information content (AvgIpc) is 2.53. The van der Waals surface area contributed by atoms with Crippen LogP contribution in [0.3, 0.4) is 0 Å². The zero-order chi connectivity index (χ0) is 14.2. The molecule has 1 aliphatic carbocycles. The quantitative estimate of drug-likeness (QED) is 0.813. The van der Waals surface area contributed by atoms with E-state index in [9.17, 15) is 4.79 Å². The molecular formula is C16H23NO3. The first kappa shape index (κ1) is 14.7. The van der Waals surface area contributed by atoms with Gasteiger partial charge in [-0.3, -0.25) is 4.79 Å². The molecule has 1 amide bonds. The van der Waals surface area contributed by atoms with Crippen LogP contribution in [0.5, 0.6) is 11.5 Å². The summed E-state index contributed by atoms with van der Waals surface area (Å²) < 4.78 is 10.7. The lowest BCUT2D eigenvalue weighted by molar-refractivity contribution is -0.126. The highest BCUT2D eigenvalue weighted by Gasteiger charge is 2.20. The minimum atomic E-state index is 0.183. The van der Waals surface area contributed by atoms with Crippen LogP contribution in [-0.2, 0) is 4.79 Å². The van der Waals surface area contributed by atoms with Crippen LogP contribution in [0.1, 0.15) is 32.1 Å². The van der Waals surface area contributed by atoms with E-state index in [0.717, 1.165) is 24.3 Å². The van der Waals surface area contributed by atoms with Gasteiger partial charge >= 0.3 is 0 Å². The van der Waals surface area contributed by atoms with Crippen LogP contribution in [-0.4, -0.2) is 26.2 Å². The number of hydrogen-bond donors (Lipinski definition) is 1. The highest BCUT2D eigenvalue weighted by molar-refractivity contribution is 5.78. The highest BCUT2D eigenvalue weighted by Crippen LogP contribution is 2.23. The Bertz CT molecular complexity index is 410. The molecule has 0 saturated heterocycles. The fraction of sp³-hybridized carbons (Fsp3) is 0.562. The highest BCUT2D eigenvalue weighted by atomic mass is 16.5. The van der Waals surface area contributed by atoms with E-state index in [1.54, 1.807) is 7.11 Å². The molecule has 4 nitrogen and oxygen atoms in total. The first-order valence-electron chi connectivity index (χ1n) is 7.34. The SMILES string of the molecule is COc1ccc(OCCNC(=O)C2CCCCC2)cc1. The Balaban J connectivity index is 1.64. The smallest absolute Gasteiger partial charge is 0.223 e. The van der Waals surface area contributed by atoms with Crippen molar-refractivity contribution in [2.45, 2.75) is 32.1 Å². The molecule has 0 unspecified atom stereocenters. The first-order valence-corrected chi connectivity index (χ1v) is 7.34. The van der Waals surface area contributed by atoms with E-state index in [4.69, 9.17) is 9.47 Å². The molecule has 110 valence electrons. The lowest BCUT2D eigenvalue weighted by Gasteiger charge is -2.20. The van der Waals surface area contributed by atoms with E-state index in [1.807, 2.05) is 24.3 Å². The second-order valence-corrected chi connectivity index (χ2v) is 5.15. The van der Waals surface area contributed by atoms with Crippen molar-refractivity contribution in [2.75, 3.05) is 20.3 Å². The van der Waals surface area contributed by atoms with E-state index in [1.165, 1.54) is 19.3 Å². The van der Waals surface area contributed by atoms with Gasteiger partial charge < -0.3 is 14.8 Å². The third kappa shape index (κ3) is 4.44. The van der Waals surface area contributed by atoms with E-state index < -0.39 is 0 Å². The van der Waals surface area contributed by atoms with E-state index in [-0.39, 0.29) is 11.8 Å². The van der Waals surface area contributed by atoms with Crippen molar-refractivity contribution in [1.29, 1.82) is 0 Å². The Morgan fingerprint density at radius 2 is 1.80 bits per heavy atom. The monoisotopic (exact) mass is 277 g/mol. The van der Waals surface area contributed by atoms with Crippen molar-refractivity contribution in [3.8, 4) is 11.5 Å². The van der Waals surface area contributed by atoms with Crippen LogP contribution in [0.2, 0.25) is 0 Å². The Morgan fingerprint density at radius 1 is 1.15 bits per heavy atom. The number of carbonyl (C=O) groups excluding carboxylic acids is 1. The number of methoxy groups -OCH3 is 1. The van der Waals surface area contributed by atoms with Gasteiger partial charge in [0.05, 0.1) is 13.7 Å². The van der Waals surface area contributed by atoms with Gasteiger partial charge in [-0.25, -0.2) is 0 Å². The molecule has 0 heterocycles. The summed E-state index contributed by atoms with van der Waals surface area (Å²) in [4.78, 5) is 11.9. The molecule has 1 N–H and O–H groups in total. The van der Waals surface area contributed by atoms with Gasteiger partial charge in [0, 0.05) is 5.92 Å². The molecule has 0 aliphatic heterocycles. The number of hydrogen-bond acceptors (Lipinski definition) is 3. The second-order valence-electron chi connectivity index (χ2n) is 5.15. The van der Waals surface area contributed by atoms with Crippen molar-refractivity contribution in [3.63, 3.8) is 0 Å². The molecular weight excluding hydrogens is 254 g/mol. The fourth-order valence-corrected chi connectivity index (χ4v) is 2.52. The lowest BCUT2D eigenvalue weighted by Crippen LogP contribution is -2.34. The van der Waals surface area contributed by atoms with Crippen molar-refractivity contribution in [3.05, 3.63) is 24.3 Å². The first-order chi connectivity index (χ1) is 9.79. The number of carbonyl (C=O) groups is 1. The predicted octanol–water partition coefficient (Wildman–Crippen LogP) is 2.77. The summed E-state index contributed by atoms with van der Waals surface area (Å²) in [7, 11) is 1.64. The molecule has 0 radical (unpaired) electrons. The Morgan fingerprint density at radius 3 is 2.45 bits per heavy atom. The summed E-state index contributed by atoms with van der Waals surface area (Å²) in [5, 5.41) is 2.96. The molecule has 1 saturated carbocycles. The van der Waals surface area contributed by atoms with Gasteiger partial charge in [0.25, 0.3) is 0 Å². The number of rotatable bonds is 6. The number of amides is 1. The summed E-state index contributed by atoms with van der Waals surface area (Å²) >= 11 is 0. The van der Waals surface area contributed by atoms with Crippen LogP contribution in [0.25, 0.3) is 0 Å². The molecule has 0 spiro atoms. The molecule has 1 aliphatic rings. The minimum absolute atomic E-state index is 0.183. The average molecular weight is 277 g/mol. The second kappa shape index (κ2) is 7.78. The van der Waals surface area contributed by atoms with Crippen LogP contribution in [0.15, 0.2) is 24.3 Å². The van der Waals surface area contributed by atoms with Gasteiger partial charge in [0.1, 0.15) is 18.1 Å².